The lowest BCUT2D eigenvalue weighted by atomic mass is 10.3. The monoisotopic (exact) mass is 470 g/mol. The molecule has 31 heavy (non-hydrogen) atoms. The average Bonchev–Trinajstić information content (AvgIpc) is 3.08. The van der Waals surface area contributed by atoms with Crippen LogP contribution in [0, 0.1) is 0 Å². The minimum absolute atomic E-state index is 0.0650. The van der Waals surface area contributed by atoms with Crippen LogP contribution in [0.25, 0.3) is 11.0 Å². The molecule has 1 aromatic heterocycles. The summed E-state index contributed by atoms with van der Waals surface area (Å²) in [6, 6.07) is 5.04. The van der Waals surface area contributed by atoms with Gasteiger partial charge >= 0.3 is 0 Å². The molecule has 0 aliphatic heterocycles. The molecule has 2 aromatic rings. The highest BCUT2D eigenvalue weighted by Crippen LogP contribution is 2.27. The number of amides is 1. The van der Waals surface area contributed by atoms with Gasteiger partial charge in [-0.15, -0.1) is 0 Å². The van der Waals surface area contributed by atoms with E-state index in [1.807, 2.05) is 26.8 Å². The third kappa shape index (κ3) is 6.44. The summed E-state index contributed by atoms with van der Waals surface area (Å²) in [5, 5.41) is 3.61. The molecule has 1 N–H and O–H groups in total. The van der Waals surface area contributed by atoms with E-state index < -0.39 is 10.0 Å². The zero-order chi connectivity index (χ0) is 23.0. The zero-order valence-electron chi connectivity index (χ0n) is 19.1. The van der Waals surface area contributed by atoms with Crippen LogP contribution in [-0.2, 0) is 26.1 Å². The molecule has 0 fully saturated rings. The average molecular weight is 471 g/mol. The number of rotatable bonds is 13. The second kappa shape index (κ2) is 11.8. The highest BCUT2D eigenvalue weighted by atomic mass is 32.2. The number of benzene rings is 1. The maximum absolute atomic E-state index is 12.9. The van der Waals surface area contributed by atoms with Crippen molar-refractivity contribution in [2.75, 3.05) is 32.6 Å². The molecule has 0 aliphatic rings. The van der Waals surface area contributed by atoms with E-state index in [0.29, 0.717) is 25.2 Å². The van der Waals surface area contributed by atoms with Crippen molar-refractivity contribution in [3.63, 3.8) is 0 Å². The van der Waals surface area contributed by atoms with Gasteiger partial charge in [-0.05, 0) is 31.5 Å². The first kappa shape index (κ1) is 25.6. The third-order valence-electron chi connectivity index (χ3n) is 4.92. The fraction of sp³-hybridized carbons (Fsp3) is 0.619. The Morgan fingerprint density at radius 3 is 2.61 bits per heavy atom. The normalized spacial score (nSPS) is 13.1. The summed E-state index contributed by atoms with van der Waals surface area (Å²) in [6.45, 7) is 9.71. The van der Waals surface area contributed by atoms with Gasteiger partial charge in [0.25, 0.3) is 0 Å². The summed E-state index contributed by atoms with van der Waals surface area (Å²) in [5.74, 6) is 0.141. The molecule has 0 radical (unpaired) electrons. The summed E-state index contributed by atoms with van der Waals surface area (Å²) in [4.78, 5) is 17.2. The van der Waals surface area contributed by atoms with Gasteiger partial charge in [-0.1, -0.05) is 39.0 Å². The van der Waals surface area contributed by atoms with Crippen molar-refractivity contribution in [2.24, 2.45) is 0 Å². The highest BCUT2D eigenvalue weighted by Gasteiger charge is 2.23. The summed E-state index contributed by atoms with van der Waals surface area (Å²) < 4.78 is 34.3. The number of carbonyl (C=O) groups is 1. The van der Waals surface area contributed by atoms with Crippen LogP contribution in [0.2, 0.25) is 0 Å². The van der Waals surface area contributed by atoms with Gasteiger partial charge in [0, 0.05) is 32.8 Å². The van der Waals surface area contributed by atoms with Gasteiger partial charge in [0.2, 0.25) is 15.9 Å². The lowest BCUT2D eigenvalue weighted by Crippen LogP contribution is -2.36. The number of methoxy groups -OCH3 is 1. The van der Waals surface area contributed by atoms with Crippen molar-refractivity contribution in [1.82, 2.24) is 19.2 Å². The number of sulfonamides is 1. The van der Waals surface area contributed by atoms with Crippen molar-refractivity contribution in [3.05, 3.63) is 18.2 Å². The predicted octanol–water partition coefficient (Wildman–Crippen LogP) is 3.11. The number of aromatic nitrogens is 2. The number of unbranched alkanes of at least 4 members (excludes halogenated alkanes) is 1. The van der Waals surface area contributed by atoms with Gasteiger partial charge in [-0.2, -0.15) is 4.31 Å². The summed E-state index contributed by atoms with van der Waals surface area (Å²) in [6.07, 6.45) is 1.99. The number of nitrogens with zero attached hydrogens (tertiary/aromatic N) is 3. The van der Waals surface area contributed by atoms with Crippen LogP contribution in [-0.4, -0.2) is 66.8 Å². The van der Waals surface area contributed by atoms with E-state index >= 15 is 0 Å². The molecule has 0 aliphatic carbocycles. The first-order valence-corrected chi connectivity index (χ1v) is 13.1. The molecule has 0 spiro atoms. The van der Waals surface area contributed by atoms with Crippen LogP contribution in [0.1, 0.15) is 40.5 Å². The molecule has 0 saturated carbocycles. The van der Waals surface area contributed by atoms with Gasteiger partial charge in [-0.3, -0.25) is 4.79 Å². The smallest absolute Gasteiger partial charge is 0.243 e. The molecule has 1 aromatic carbocycles. The molecule has 1 unspecified atom stereocenters. The van der Waals surface area contributed by atoms with Gasteiger partial charge in [-0.25, -0.2) is 13.4 Å². The van der Waals surface area contributed by atoms with E-state index in [9.17, 15) is 13.2 Å². The van der Waals surface area contributed by atoms with Crippen LogP contribution >= 0.6 is 11.8 Å². The van der Waals surface area contributed by atoms with Crippen LogP contribution in [0.15, 0.2) is 28.3 Å². The zero-order valence-corrected chi connectivity index (χ0v) is 20.7. The number of nitrogens with one attached hydrogen (secondary N) is 1. The molecule has 2 rings (SSSR count). The minimum atomic E-state index is -3.56. The topological polar surface area (TPSA) is 93.5 Å². The first-order valence-electron chi connectivity index (χ1n) is 10.7. The quantitative estimate of drug-likeness (QED) is 0.452. The van der Waals surface area contributed by atoms with Crippen molar-refractivity contribution >= 4 is 38.7 Å². The molecule has 1 atom stereocenters. The molecule has 0 saturated heterocycles. The Morgan fingerprint density at radius 1 is 1.29 bits per heavy atom. The summed E-state index contributed by atoms with van der Waals surface area (Å²) in [5.41, 5.74) is 1.50. The number of ether oxygens (including phenoxy) is 1. The molecule has 1 amide bonds. The number of thioether (sulfide) groups is 1. The van der Waals surface area contributed by atoms with E-state index in [-0.39, 0.29) is 22.6 Å². The van der Waals surface area contributed by atoms with Crippen LogP contribution < -0.4 is 5.32 Å². The minimum Gasteiger partial charge on any atom is -0.383 e. The Morgan fingerprint density at radius 2 is 2.00 bits per heavy atom. The maximum atomic E-state index is 12.9. The SMILES string of the molecule is CCCCn1c(SCC(=O)NC(C)COC)nc2cc(S(=O)(=O)N(CC)CC)ccc21. The Bertz CT molecular complexity index is 971. The molecular weight excluding hydrogens is 436 g/mol. The lowest BCUT2D eigenvalue weighted by molar-refractivity contribution is -0.119. The fourth-order valence-electron chi connectivity index (χ4n) is 3.34. The molecule has 174 valence electrons. The lowest BCUT2D eigenvalue weighted by Gasteiger charge is -2.18. The number of hydrogen-bond acceptors (Lipinski definition) is 6. The molecule has 0 bridgehead atoms. The highest BCUT2D eigenvalue weighted by molar-refractivity contribution is 7.99. The number of fused-ring (bicyclic) bond motifs is 1. The van der Waals surface area contributed by atoms with Crippen molar-refractivity contribution in [1.29, 1.82) is 0 Å². The second-order valence-electron chi connectivity index (χ2n) is 7.35. The van der Waals surface area contributed by atoms with E-state index in [1.165, 1.54) is 16.1 Å². The Kier molecular flexibility index (Phi) is 9.80. The van der Waals surface area contributed by atoms with Gasteiger partial charge in [0.15, 0.2) is 5.16 Å². The summed E-state index contributed by atoms with van der Waals surface area (Å²) in [7, 11) is -1.96. The van der Waals surface area contributed by atoms with E-state index in [0.717, 1.165) is 30.1 Å². The molecule has 1 heterocycles. The number of hydrogen-bond donors (Lipinski definition) is 1. The van der Waals surface area contributed by atoms with Crippen LogP contribution in [0.3, 0.4) is 0 Å². The predicted molar refractivity (Wildman–Crippen MR) is 125 cm³/mol. The van der Waals surface area contributed by atoms with E-state index in [1.54, 1.807) is 19.2 Å². The van der Waals surface area contributed by atoms with Crippen molar-refractivity contribution in [2.45, 2.75) is 63.2 Å². The Balaban J connectivity index is 2.32. The largest absolute Gasteiger partial charge is 0.383 e. The van der Waals surface area contributed by atoms with Crippen LogP contribution in [0.5, 0.6) is 0 Å². The molecule has 8 nitrogen and oxygen atoms in total. The number of carbonyl (C=O) groups excluding carboxylic acids is 1. The number of aryl methyl sites for hydroxylation is 1. The van der Waals surface area contributed by atoms with Gasteiger partial charge in [0.1, 0.15) is 0 Å². The Labute approximate surface area is 189 Å². The fourth-order valence-corrected chi connectivity index (χ4v) is 5.67. The van der Waals surface area contributed by atoms with Crippen molar-refractivity contribution in [3.8, 4) is 0 Å². The van der Waals surface area contributed by atoms with Gasteiger partial charge < -0.3 is 14.6 Å². The van der Waals surface area contributed by atoms with Gasteiger partial charge in [0.05, 0.1) is 28.3 Å². The standard InChI is InChI=1S/C21H34N4O4S2/c1-6-9-12-25-19-11-10-17(31(27,28)24(7-2)8-3)13-18(19)23-21(25)30-15-20(26)22-16(4)14-29-5/h10-11,13,16H,6-9,12,14-15H2,1-5H3,(H,22,26). The maximum Gasteiger partial charge on any atom is 0.243 e. The number of imidazole rings is 1. The van der Waals surface area contributed by atoms with Crippen LogP contribution in [0.4, 0.5) is 0 Å². The van der Waals surface area contributed by atoms with Crippen molar-refractivity contribution < 1.29 is 17.9 Å². The molecule has 10 heteroatoms. The second-order valence-corrected chi connectivity index (χ2v) is 10.2. The van der Waals surface area contributed by atoms with E-state index in [4.69, 9.17) is 4.74 Å². The summed E-state index contributed by atoms with van der Waals surface area (Å²) >= 11 is 1.36. The third-order valence-corrected chi connectivity index (χ3v) is 7.94. The Hall–Kier alpha value is -1.62. The van der Waals surface area contributed by atoms with E-state index in [2.05, 4.69) is 21.8 Å². The molecular formula is C21H34N4O4S2. The first-order chi connectivity index (χ1) is 14.8.